The lowest BCUT2D eigenvalue weighted by atomic mass is 9.90. The number of carbonyl (C=O) groups is 1. The lowest BCUT2D eigenvalue weighted by Gasteiger charge is -2.15. The van der Waals surface area contributed by atoms with Crippen LogP contribution in [0.15, 0.2) is 30.4 Å². The fourth-order valence-corrected chi connectivity index (χ4v) is 1.84. The summed E-state index contributed by atoms with van der Waals surface area (Å²) in [6.07, 6.45) is 0.274. The number of rotatable bonds is 4. The van der Waals surface area contributed by atoms with Crippen LogP contribution in [0.25, 0.3) is 0 Å². The zero-order chi connectivity index (χ0) is 12.3. The minimum atomic E-state index is -0.375. The lowest BCUT2D eigenvalue weighted by Crippen LogP contribution is -2.16. The van der Waals surface area contributed by atoms with Crippen molar-refractivity contribution in [2.75, 3.05) is 0 Å². The van der Waals surface area contributed by atoms with Gasteiger partial charge in [-0.05, 0) is 32.4 Å². The van der Waals surface area contributed by atoms with E-state index in [0.717, 1.165) is 5.57 Å². The molecule has 0 saturated carbocycles. The van der Waals surface area contributed by atoms with E-state index in [9.17, 15) is 9.18 Å². The minimum absolute atomic E-state index is 0.0215. The van der Waals surface area contributed by atoms with Crippen LogP contribution in [-0.2, 0) is 11.2 Å². The molecule has 0 heterocycles. The van der Waals surface area contributed by atoms with Gasteiger partial charge in [0.05, 0.1) is 0 Å². The van der Waals surface area contributed by atoms with Crippen LogP contribution in [0.5, 0.6) is 0 Å². The largest absolute Gasteiger partial charge is 0.299 e. The molecule has 1 aromatic carbocycles. The second-order valence-corrected chi connectivity index (χ2v) is 4.32. The summed E-state index contributed by atoms with van der Waals surface area (Å²) in [4.78, 5) is 11.4. The molecule has 0 spiro atoms. The van der Waals surface area contributed by atoms with Crippen molar-refractivity contribution in [3.05, 3.63) is 46.8 Å². The molecule has 0 N–H and O–H groups in total. The quantitative estimate of drug-likeness (QED) is 0.732. The molecule has 0 fully saturated rings. The van der Waals surface area contributed by atoms with Gasteiger partial charge in [0.2, 0.25) is 0 Å². The second kappa shape index (κ2) is 5.26. The third-order valence-corrected chi connectivity index (χ3v) is 2.91. The number of ketones is 1. The van der Waals surface area contributed by atoms with Crippen LogP contribution >= 0.6 is 11.6 Å². The molecule has 1 atom stereocenters. The molecule has 86 valence electrons. The van der Waals surface area contributed by atoms with Crippen LogP contribution in [0.4, 0.5) is 4.39 Å². The Balaban J connectivity index is 3.03. The van der Waals surface area contributed by atoms with Crippen molar-refractivity contribution in [3.8, 4) is 0 Å². The molecule has 1 nitrogen and oxygen atoms in total. The first-order chi connectivity index (χ1) is 7.43. The molecule has 0 radical (unpaired) electrons. The topological polar surface area (TPSA) is 17.1 Å². The van der Waals surface area contributed by atoms with Crippen LogP contribution in [0.3, 0.4) is 0 Å². The van der Waals surface area contributed by atoms with E-state index in [4.69, 9.17) is 11.6 Å². The van der Waals surface area contributed by atoms with E-state index in [-0.39, 0.29) is 23.9 Å². The lowest BCUT2D eigenvalue weighted by molar-refractivity contribution is -0.119. The Morgan fingerprint density at radius 2 is 2.12 bits per heavy atom. The van der Waals surface area contributed by atoms with E-state index in [1.54, 1.807) is 19.1 Å². The molecule has 0 aromatic heterocycles. The van der Waals surface area contributed by atoms with E-state index in [2.05, 4.69) is 6.58 Å². The fourth-order valence-electron chi connectivity index (χ4n) is 1.60. The summed E-state index contributed by atoms with van der Waals surface area (Å²) in [6, 6.07) is 4.51. The van der Waals surface area contributed by atoms with Crippen LogP contribution in [0.2, 0.25) is 5.02 Å². The van der Waals surface area contributed by atoms with Crippen molar-refractivity contribution in [2.45, 2.75) is 20.3 Å². The van der Waals surface area contributed by atoms with Crippen molar-refractivity contribution in [2.24, 2.45) is 5.92 Å². The van der Waals surface area contributed by atoms with Crippen molar-refractivity contribution < 1.29 is 9.18 Å². The monoisotopic (exact) mass is 240 g/mol. The third kappa shape index (κ3) is 2.92. The molecule has 0 saturated heterocycles. The van der Waals surface area contributed by atoms with Gasteiger partial charge in [-0.25, -0.2) is 4.39 Å². The van der Waals surface area contributed by atoms with E-state index in [0.29, 0.717) is 10.6 Å². The molecule has 1 aromatic rings. The van der Waals surface area contributed by atoms with Gasteiger partial charge in [-0.2, -0.15) is 0 Å². The zero-order valence-electron chi connectivity index (χ0n) is 9.39. The maximum Gasteiger partial charge on any atom is 0.137 e. The Morgan fingerprint density at radius 1 is 1.50 bits per heavy atom. The van der Waals surface area contributed by atoms with Gasteiger partial charge in [-0.15, -0.1) is 0 Å². The van der Waals surface area contributed by atoms with Gasteiger partial charge in [0.15, 0.2) is 0 Å². The molecule has 0 bridgehead atoms. The highest BCUT2D eigenvalue weighted by Crippen LogP contribution is 2.25. The van der Waals surface area contributed by atoms with Crippen molar-refractivity contribution in [3.63, 3.8) is 0 Å². The van der Waals surface area contributed by atoms with Crippen molar-refractivity contribution in [1.29, 1.82) is 0 Å². The highest BCUT2D eigenvalue weighted by atomic mass is 35.5. The van der Waals surface area contributed by atoms with Gasteiger partial charge in [0, 0.05) is 16.5 Å². The maximum absolute atomic E-state index is 13.5. The Morgan fingerprint density at radius 3 is 2.56 bits per heavy atom. The van der Waals surface area contributed by atoms with Crippen LogP contribution in [-0.4, -0.2) is 5.78 Å². The molecule has 0 aliphatic carbocycles. The SMILES string of the molecule is C=C(C)[C@@H](Cc1c(F)cccc1Cl)C(C)=O. The predicted molar refractivity (Wildman–Crippen MR) is 64.1 cm³/mol. The first-order valence-electron chi connectivity index (χ1n) is 5.02. The number of carbonyl (C=O) groups excluding carboxylic acids is 1. The van der Waals surface area contributed by atoms with Gasteiger partial charge in [-0.3, -0.25) is 4.79 Å². The van der Waals surface area contributed by atoms with Crippen LogP contribution < -0.4 is 0 Å². The molecular formula is C13H14ClFO. The Kier molecular flexibility index (Phi) is 4.25. The number of Topliss-reactive ketones (excluding diaryl/α,β-unsaturated/α-hetero) is 1. The summed E-state index contributed by atoms with van der Waals surface area (Å²) in [5, 5.41) is 0.354. The number of halogens is 2. The average molecular weight is 241 g/mol. The Bertz CT molecular complexity index is 392. The Hall–Kier alpha value is -1.15. The van der Waals surface area contributed by atoms with E-state index < -0.39 is 0 Å². The summed E-state index contributed by atoms with van der Waals surface area (Å²) in [5.74, 6) is -0.763. The highest BCUT2D eigenvalue weighted by molar-refractivity contribution is 6.31. The normalized spacial score (nSPS) is 12.2. The maximum atomic E-state index is 13.5. The molecule has 3 heteroatoms. The molecule has 0 aliphatic heterocycles. The summed E-state index contributed by atoms with van der Waals surface area (Å²) in [7, 11) is 0. The van der Waals surface area contributed by atoms with Gasteiger partial charge in [0.25, 0.3) is 0 Å². The van der Waals surface area contributed by atoms with Crippen molar-refractivity contribution >= 4 is 17.4 Å². The van der Waals surface area contributed by atoms with Crippen molar-refractivity contribution in [1.82, 2.24) is 0 Å². The smallest absolute Gasteiger partial charge is 0.137 e. The summed E-state index contributed by atoms with van der Waals surface area (Å²) in [5.41, 5.74) is 1.11. The summed E-state index contributed by atoms with van der Waals surface area (Å²) >= 11 is 5.90. The van der Waals surface area contributed by atoms with E-state index in [1.807, 2.05) is 0 Å². The molecular weight excluding hydrogens is 227 g/mol. The number of hydrogen-bond donors (Lipinski definition) is 0. The number of allylic oxidation sites excluding steroid dienone is 1. The zero-order valence-corrected chi connectivity index (χ0v) is 10.1. The fraction of sp³-hybridized carbons (Fsp3) is 0.308. The third-order valence-electron chi connectivity index (χ3n) is 2.56. The standard InChI is InChI=1S/C13H14ClFO/c1-8(2)10(9(3)16)7-11-12(14)5-4-6-13(11)15/h4-6,10H,1,7H2,2-3H3/t10-/m1/s1. The van der Waals surface area contributed by atoms with Gasteiger partial charge in [0.1, 0.15) is 11.6 Å². The predicted octanol–water partition coefficient (Wildman–Crippen LogP) is 3.80. The summed E-state index contributed by atoms with van der Waals surface area (Å²) < 4.78 is 13.5. The van der Waals surface area contributed by atoms with Crippen LogP contribution in [0.1, 0.15) is 19.4 Å². The second-order valence-electron chi connectivity index (χ2n) is 3.91. The first-order valence-corrected chi connectivity index (χ1v) is 5.40. The van der Waals surface area contributed by atoms with Gasteiger partial charge < -0.3 is 0 Å². The molecule has 0 amide bonds. The number of benzene rings is 1. The summed E-state index contributed by atoms with van der Waals surface area (Å²) in [6.45, 7) is 6.99. The molecule has 1 rings (SSSR count). The van der Waals surface area contributed by atoms with E-state index in [1.165, 1.54) is 13.0 Å². The Labute approximate surface area is 99.9 Å². The highest BCUT2D eigenvalue weighted by Gasteiger charge is 2.19. The minimum Gasteiger partial charge on any atom is -0.299 e. The molecule has 16 heavy (non-hydrogen) atoms. The van der Waals surface area contributed by atoms with Gasteiger partial charge >= 0.3 is 0 Å². The number of hydrogen-bond acceptors (Lipinski definition) is 1. The average Bonchev–Trinajstić information content (AvgIpc) is 2.15. The molecule has 0 unspecified atom stereocenters. The van der Waals surface area contributed by atoms with Crippen LogP contribution in [0, 0.1) is 11.7 Å². The first kappa shape index (κ1) is 12.9. The van der Waals surface area contributed by atoms with E-state index >= 15 is 0 Å². The van der Waals surface area contributed by atoms with Gasteiger partial charge in [-0.1, -0.05) is 29.8 Å². The molecule has 0 aliphatic rings.